The SMILES string of the molecule is CC=COc1c(C=CC)cccc1C=CC. The fourth-order valence-corrected chi connectivity index (χ4v) is 1.47. The first kappa shape index (κ1) is 12.3. The fourth-order valence-electron chi connectivity index (χ4n) is 1.47. The highest BCUT2D eigenvalue weighted by molar-refractivity contribution is 5.67. The van der Waals surface area contributed by atoms with E-state index in [4.69, 9.17) is 4.74 Å². The summed E-state index contributed by atoms with van der Waals surface area (Å²) in [5.41, 5.74) is 2.19. The Balaban J connectivity index is 3.22. The molecular weight excluding hydrogens is 196 g/mol. The summed E-state index contributed by atoms with van der Waals surface area (Å²) in [6, 6.07) is 6.13. The highest BCUT2D eigenvalue weighted by Gasteiger charge is 2.04. The molecule has 0 unspecified atom stereocenters. The van der Waals surface area contributed by atoms with E-state index in [1.807, 2.05) is 69.4 Å². The molecule has 0 amide bonds. The van der Waals surface area contributed by atoms with Crippen molar-refractivity contribution in [3.05, 3.63) is 53.8 Å². The summed E-state index contributed by atoms with van der Waals surface area (Å²) in [6.07, 6.45) is 11.7. The van der Waals surface area contributed by atoms with Crippen molar-refractivity contribution in [3.8, 4) is 5.75 Å². The Hall–Kier alpha value is -1.76. The Morgan fingerprint density at radius 2 is 1.44 bits per heavy atom. The molecule has 0 spiro atoms. The van der Waals surface area contributed by atoms with Crippen LogP contribution in [-0.4, -0.2) is 0 Å². The van der Waals surface area contributed by atoms with Gasteiger partial charge in [0.05, 0.1) is 6.26 Å². The lowest BCUT2D eigenvalue weighted by molar-refractivity contribution is 0.478. The van der Waals surface area contributed by atoms with E-state index in [1.54, 1.807) is 6.26 Å². The highest BCUT2D eigenvalue weighted by atomic mass is 16.5. The van der Waals surface area contributed by atoms with E-state index in [0.29, 0.717) is 0 Å². The summed E-state index contributed by atoms with van der Waals surface area (Å²) in [4.78, 5) is 0. The molecular formula is C15H18O. The molecule has 1 aromatic rings. The summed E-state index contributed by atoms with van der Waals surface area (Å²) >= 11 is 0. The fraction of sp³-hybridized carbons (Fsp3) is 0.200. The average molecular weight is 214 g/mol. The van der Waals surface area contributed by atoms with Crippen molar-refractivity contribution in [2.75, 3.05) is 0 Å². The quantitative estimate of drug-likeness (QED) is 0.662. The van der Waals surface area contributed by atoms with Gasteiger partial charge in [-0.15, -0.1) is 0 Å². The van der Waals surface area contributed by atoms with Gasteiger partial charge in [-0.3, -0.25) is 0 Å². The number of hydrogen-bond donors (Lipinski definition) is 0. The van der Waals surface area contributed by atoms with E-state index in [1.165, 1.54) is 0 Å². The Kier molecular flexibility index (Phi) is 5.13. The summed E-state index contributed by atoms with van der Waals surface area (Å²) < 4.78 is 5.64. The summed E-state index contributed by atoms with van der Waals surface area (Å²) in [6.45, 7) is 5.94. The zero-order valence-electron chi connectivity index (χ0n) is 10.1. The predicted octanol–water partition coefficient (Wildman–Crippen LogP) is 4.67. The van der Waals surface area contributed by atoms with Crippen LogP contribution in [0.1, 0.15) is 31.9 Å². The average Bonchev–Trinajstić information content (AvgIpc) is 2.29. The van der Waals surface area contributed by atoms with Crippen LogP contribution in [0.25, 0.3) is 12.2 Å². The van der Waals surface area contributed by atoms with Gasteiger partial charge in [-0.25, -0.2) is 0 Å². The number of allylic oxidation sites excluding steroid dienone is 3. The van der Waals surface area contributed by atoms with Crippen LogP contribution in [0.4, 0.5) is 0 Å². The van der Waals surface area contributed by atoms with Crippen molar-refractivity contribution in [1.82, 2.24) is 0 Å². The third-order valence-electron chi connectivity index (χ3n) is 2.09. The maximum atomic E-state index is 5.64. The van der Waals surface area contributed by atoms with Gasteiger partial charge in [-0.1, -0.05) is 48.6 Å². The van der Waals surface area contributed by atoms with E-state index >= 15 is 0 Å². The minimum atomic E-state index is 0.900. The van der Waals surface area contributed by atoms with Crippen LogP contribution in [0, 0.1) is 0 Å². The number of hydrogen-bond acceptors (Lipinski definition) is 1. The van der Waals surface area contributed by atoms with Gasteiger partial charge >= 0.3 is 0 Å². The van der Waals surface area contributed by atoms with E-state index in [2.05, 4.69) is 0 Å². The molecule has 0 saturated heterocycles. The molecule has 84 valence electrons. The molecule has 0 fully saturated rings. The molecule has 0 aliphatic rings. The van der Waals surface area contributed by atoms with Crippen LogP contribution < -0.4 is 4.74 Å². The van der Waals surface area contributed by atoms with Gasteiger partial charge < -0.3 is 4.74 Å². The molecule has 0 atom stereocenters. The van der Waals surface area contributed by atoms with Crippen molar-refractivity contribution < 1.29 is 4.74 Å². The minimum absolute atomic E-state index is 0.900. The summed E-state index contributed by atoms with van der Waals surface area (Å²) in [7, 11) is 0. The standard InChI is InChI=1S/C15H18O/c1-4-8-13-10-7-11-14(9-5-2)15(13)16-12-6-3/h4-12H,1-3H3. The predicted molar refractivity (Wildman–Crippen MR) is 71.3 cm³/mol. The lowest BCUT2D eigenvalue weighted by atomic mass is 10.1. The molecule has 0 heterocycles. The Morgan fingerprint density at radius 3 is 1.88 bits per heavy atom. The van der Waals surface area contributed by atoms with Gasteiger partial charge in [-0.2, -0.15) is 0 Å². The van der Waals surface area contributed by atoms with E-state index in [-0.39, 0.29) is 0 Å². The minimum Gasteiger partial charge on any atom is -0.464 e. The van der Waals surface area contributed by atoms with Crippen LogP contribution in [0.2, 0.25) is 0 Å². The zero-order chi connectivity index (χ0) is 11.8. The van der Waals surface area contributed by atoms with Gasteiger partial charge in [0.15, 0.2) is 0 Å². The van der Waals surface area contributed by atoms with Crippen LogP contribution in [0.3, 0.4) is 0 Å². The number of benzene rings is 1. The zero-order valence-corrected chi connectivity index (χ0v) is 10.1. The molecule has 0 radical (unpaired) electrons. The van der Waals surface area contributed by atoms with Gasteiger partial charge in [0, 0.05) is 11.1 Å². The molecule has 1 rings (SSSR count). The van der Waals surface area contributed by atoms with Gasteiger partial charge in [0.25, 0.3) is 0 Å². The van der Waals surface area contributed by atoms with Crippen LogP contribution in [-0.2, 0) is 0 Å². The molecule has 0 saturated carbocycles. The lowest BCUT2D eigenvalue weighted by Crippen LogP contribution is -1.89. The molecule has 0 aromatic heterocycles. The van der Waals surface area contributed by atoms with Crippen molar-refractivity contribution >= 4 is 12.2 Å². The Bertz CT molecular complexity index is 381. The van der Waals surface area contributed by atoms with Crippen molar-refractivity contribution in [1.29, 1.82) is 0 Å². The molecule has 16 heavy (non-hydrogen) atoms. The third kappa shape index (κ3) is 3.13. The van der Waals surface area contributed by atoms with Crippen LogP contribution >= 0.6 is 0 Å². The first-order valence-corrected chi connectivity index (χ1v) is 5.49. The summed E-state index contributed by atoms with van der Waals surface area (Å²) in [5, 5.41) is 0. The van der Waals surface area contributed by atoms with E-state index in [0.717, 1.165) is 16.9 Å². The first-order valence-electron chi connectivity index (χ1n) is 5.49. The van der Waals surface area contributed by atoms with Crippen molar-refractivity contribution in [3.63, 3.8) is 0 Å². The largest absolute Gasteiger partial charge is 0.464 e. The second-order valence-electron chi connectivity index (χ2n) is 3.35. The summed E-state index contributed by atoms with van der Waals surface area (Å²) in [5.74, 6) is 0.900. The Labute approximate surface area is 97.8 Å². The maximum Gasteiger partial charge on any atom is 0.140 e. The molecule has 1 nitrogen and oxygen atoms in total. The molecule has 0 aliphatic carbocycles. The number of ether oxygens (including phenoxy) is 1. The topological polar surface area (TPSA) is 9.23 Å². The third-order valence-corrected chi connectivity index (χ3v) is 2.09. The smallest absolute Gasteiger partial charge is 0.140 e. The Morgan fingerprint density at radius 1 is 0.875 bits per heavy atom. The number of para-hydroxylation sites is 1. The number of rotatable bonds is 4. The molecule has 0 aliphatic heterocycles. The van der Waals surface area contributed by atoms with Crippen molar-refractivity contribution in [2.45, 2.75) is 20.8 Å². The second-order valence-corrected chi connectivity index (χ2v) is 3.35. The van der Waals surface area contributed by atoms with E-state index in [9.17, 15) is 0 Å². The van der Waals surface area contributed by atoms with Gasteiger partial charge in [0.2, 0.25) is 0 Å². The second kappa shape index (κ2) is 6.67. The normalized spacial score (nSPS) is 11.9. The molecule has 1 aromatic carbocycles. The monoisotopic (exact) mass is 214 g/mol. The maximum absolute atomic E-state index is 5.64. The van der Waals surface area contributed by atoms with E-state index < -0.39 is 0 Å². The van der Waals surface area contributed by atoms with Crippen molar-refractivity contribution in [2.24, 2.45) is 0 Å². The highest BCUT2D eigenvalue weighted by Crippen LogP contribution is 2.27. The molecule has 0 bridgehead atoms. The lowest BCUT2D eigenvalue weighted by Gasteiger charge is -2.08. The van der Waals surface area contributed by atoms with Gasteiger partial charge in [0.1, 0.15) is 5.75 Å². The van der Waals surface area contributed by atoms with Crippen LogP contribution in [0.15, 0.2) is 42.7 Å². The van der Waals surface area contributed by atoms with Crippen LogP contribution in [0.5, 0.6) is 5.75 Å². The molecule has 0 N–H and O–H groups in total. The molecule has 1 heteroatoms. The first-order chi connectivity index (χ1) is 7.83. The van der Waals surface area contributed by atoms with Gasteiger partial charge in [-0.05, 0) is 20.8 Å².